The van der Waals surface area contributed by atoms with Crippen molar-refractivity contribution in [1.82, 2.24) is 0 Å². The van der Waals surface area contributed by atoms with Crippen LogP contribution in [-0.4, -0.2) is 13.9 Å². The van der Waals surface area contributed by atoms with Crippen LogP contribution in [0.25, 0.3) is 0 Å². The molecule has 0 aliphatic rings. The molecule has 1 atom stereocenters. The predicted octanol–water partition coefficient (Wildman–Crippen LogP) is 4.82. The second-order valence-electron chi connectivity index (χ2n) is 6.34. The van der Waals surface area contributed by atoms with E-state index in [1.807, 2.05) is 48.5 Å². The minimum absolute atomic E-state index is 0.132. The Kier molecular flexibility index (Phi) is 4.56. The van der Waals surface area contributed by atoms with Crippen LogP contribution in [0.5, 0.6) is 0 Å². The van der Waals surface area contributed by atoms with E-state index in [4.69, 9.17) is 0 Å². The van der Waals surface area contributed by atoms with Gasteiger partial charge in [-0.3, -0.25) is 4.79 Å². The van der Waals surface area contributed by atoms with Gasteiger partial charge in [-0.05, 0) is 12.0 Å². The van der Waals surface area contributed by atoms with E-state index in [-0.39, 0.29) is 5.54 Å². The Morgan fingerprint density at radius 3 is 1.90 bits per heavy atom. The average Bonchev–Trinajstić information content (AvgIpc) is 2.45. The molecule has 0 amide bonds. The molecule has 0 aromatic heterocycles. The zero-order valence-electron chi connectivity index (χ0n) is 12.5. The number of Topliss-reactive ketones (excluding diaryl/α,β-unsaturated/α-hetero) is 1. The molecule has 104 valence electrons. The first-order valence-corrected chi connectivity index (χ1v) is 10.7. The minimum atomic E-state index is -1.56. The summed E-state index contributed by atoms with van der Waals surface area (Å²) in [4.78, 5) is 12.8. The summed E-state index contributed by atoms with van der Waals surface area (Å²) < 4.78 is 0. The number of benzene rings is 2. The van der Waals surface area contributed by atoms with Crippen LogP contribution in [0.3, 0.4) is 0 Å². The van der Waals surface area contributed by atoms with Crippen LogP contribution in [0.15, 0.2) is 60.7 Å². The molecule has 0 unspecified atom stereocenters. The summed E-state index contributed by atoms with van der Waals surface area (Å²) in [6, 6.07) is 20.0. The summed E-state index contributed by atoms with van der Waals surface area (Å²) in [5, 5.41) is 0. The normalized spacial score (nSPS) is 12.9. The molecule has 0 fully saturated rings. The Morgan fingerprint density at radius 1 is 0.900 bits per heavy atom. The molecule has 0 aliphatic heterocycles. The maximum Gasteiger partial charge on any atom is 0.163 e. The van der Waals surface area contributed by atoms with Gasteiger partial charge in [0, 0.05) is 11.1 Å². The van der Waals surface area contributed by atoms with Gasteiger partial charge >= 0.3 is 0 Å². The SMILES string of the molecule is C[Si](C)(C)[C@@H](Cc1ccccc1)C(=O)c1ccccc1. The van der Waals surface area contributed by atoms with Gasteiger partial charge in [0.05, 0.1) is 8.07 Å². The first-order valence-electron chi connectivity index (χ1n) is 7.11. The Labute approximate surface area is 122 Å². The lowest BCUT2D eigenvalue weighted by atomic mass is 10.0. The van der Waals surface area contributed by atoms with Crippen molar-refractivity contribution in [3.63, 3.8) is 0 Å². The molecule has 0 bridgehead atoms. The summed E-state index contributed by atoms with van der Waals surface area (Å²) >= 11 is 0. The second kappa shape index (κ2) is 6.19. The lowest BCUT2D eigenvalue weighted by molar-refractivity contribution is 0.0980. The van der Waals surface area contributed by atoms with Gasteiger partial charge in [0.25, 0.3) is 0 Å². The molecule has 0 heterocycles. The molecule has 0 saturated heterocycles. The number of carbonyl (C=O) groups is 1. The summed E-state index contributed by atoms with van der Waals surface area (Å²) in [7, 11) is -1.56. The highest BCUT2D eigenvalue weighted by Gasteiger charge is 2.33. The standard InChI is InChI=1S/C18H22OSi/c1-20(2,3)17(14-15-10-6-4-7-11-15)18(19)16-12-8-5-9-13-16/h4-13,17H,14H2,1-3H3/t17-/m0/s1. The molecule has 0 spiro atoms. The highest BCUT2D eigenvalue weighted by atomic mass is 28.3. The Balaban J connectivity index is 2.27. The smallest absolute Gasteiger partial charge is 0.163 e. The van der Waals surface area contributed by atoms with Gasteiger partial charge < -0.3 is 0 Å². The first-order chi connectivity index (χ1) is 9.48. The van der Waals surface area contributed by atoms with Crippen molar-refractivity contribution in [3.05, 3.63) is 71.8 Å². The number of hydrogen-bond acceptors (Lipinski definition) is 1. The third-order valence-corrected chi connectivity index (χ3v) is 6.26. The molecule has 0 saturated carbocycles. The minimum Gasteiger partial charge on any atom is -0.294 e. The number of hydrogen-bond donors (Lipinski definition) is 0. The van der Waals surface area contributed by atoms with Gasteiger partial charge in [0.1, 0.15) is 0 Å². The zero-order valence-corrected chi connectivity index (χ0v) is 13.5. The second-order valence-corrected chi connectivity index (χ2v) is 11.8. The van der Waals surface area contributed by atoms with E-state index in [2.05, 4.69) is 31.8 Å². The van der Waals surface area contributed by atoms with Crippen molar-refractivity contribution in [2.75, 3.05) is 0 Å². The average molecular weight is 282 g/mol. The molecule has 2 rings (SSSR count). The molecule has 0 radical (unpaired) electrons. The van der Waals surface area contributed by atoms with Crippen LogP contribution in [0.2, 0.25) is 25.2 Å². The molecule has 20 heavy (non-hydrogen) atoms. The third-order valence-electron chi connectivity index (χ3n) is 3.70. The number of carbonyl (C=O) groups excluding carboxylic acids is 1. The monoisotopic (exact) mass is 282 g/mol. The zero-order chi connectivity index (χ0) is 14.6. The van der Waals surface area contributed by atoms with Crippen LogP contribution in [-0.2, 0) is 6.42 Å². The van der Waals surface area contributed by atoms with E-state index in [0.29, 0.717) is 5.78 Å². The van der Waals surface area contributed by atoms with E-state index in [1.165, 1.54) is 5.56 Å². The molecule has 0 N–H and O–H groups in total. The lowest BCUT2D eigenvalue weighted by Crippen LogP contribution is -2.35. The summed E-state index contributed by atoms with van der Waals surface area (Å²) in [6.45, 7) is 6.84. The van der Waals surface area contributed by atoms with Crippen molar-refractivity contribution in [1.29, 1.82) is 0 Å². The van der Waals surface area contributed by atoms with Crippen LogP contribution in [0.1, 0.15) is 15.9 Å². The molecule has 2 aromatic rings. The van der Waals surface area contributed by atoms with Crippen molar-refractivity contribution in [2.24, 2.45) is 0 Å². The van der Waals surface area contributed by atoms with E-state index in [9.17, 15) is 4.79 Å². The van der Waals surface area contributed by atoms with Crippen molar-refractivity contribution in [2.45, 2.75) is 31.6 Å². The van der Waals surface area contributed by atoms with Gasteiger partial charge in [-0.2, -0.15) is 0 Å². The molecular formula is C18H22OSi. The van der Waals surface area contributed by atoms with E-state index >= 15 is 0 Å². The van der Waals surface area contributed by atoms with Crippen LogP contribution in [0, 0.1) is 0 Å². The fraction of sp³-hybridized carbons (Fsp3) is 0.278. The molecule has 2 heteroatoms. The molecule has 2 aromatic carbocycles. The Hall–Kier alpha value is -1.67. The van der Waals surface area contributed by atoms with E-state index in [1.54, 1.807) is 0 Å². The maximum absolute atomic E-state index is 12.8. The first kappa shape index (κ1) is 14.7. The van der Waals surface area contributed by atoms with Crippen LogP contribution in [0.4, 0.5) is 0 Å². The van der Waals surface area contributed by atoms with Crippen LogP contribution >= 0.6 is 0 Å². The lowest BCUT2D eigenvalue weighted by Gasteiger charge is -2.28. The van der Waals surface area contributed by atoms with Gasteiger partial charge in [-0.25, -0.2) is 0 Å². The summed E-state index contributed by atoms with van der Waals surface area (Å²) in [6.07, 6.45) is 0.851. The quantitative estimate of drug-likeness (QED) is 0.567. The Bertz CT molecular complexity index is 555. The van der Waals surface area contributed by atoms with Crippen molar-refractivity contribution < 1.29 is 4.79 Å². The van der Waals surface area contributed by atoms with Gasteiger partial charge in [-0.15, -0.1) is 0 Å². The predicted molar refractivity (Wildman–Crippen MR) is 88.0 cm³/mol. The topological polar surface area (TPSA) is 17.1 Å². The molecule has 0 aliphatic carbocycles. The number of rotatable bonds is 5. The number of ketones is 1. The van der Waals surface area contributed by atoms with Gasteiger partial charge in [-0.1, -0.05) is 80.3 Å². The maximum atomic E-state index is 12.8. The summed E-state index contributed by atoms with van der Waals surface area (Å²) in [5.74, 6) is 0.300. The third kappa shape index (κ3) is 3.67. The Morgan fingerprint density at radius 2 is 1.40 bits per heavy atom. The fourth-order valence-electron chi connectivity index (χ4n) is 2.45. The van der Waals surface area contributed by atoms with E-state index < -0.39 is 8.07 Å². The van der Waals surface area contributed by atoms with E-state index in [0.717, 1.165) is 12.0 Å². The van der Waals surface area contributed by atoms with Gasteiger partial charge in [0.2, 0.25) is 0 Å². The molecule has 1 nitrogen and oxygen atoms in total. The largest absolute Gasteiger partial charge is 0.294 e. The molecular weight excluding hydrogens is 260 g/mol. The van der Waals surface area contributed by atoms with Crippen molar-refractivity contribution in [3.8, 4) is 0 Å². The van der Waals surface area contributed by atoms with Gasteiger partial charge in [0.15, 0.2) is 5.78 Å². The fourth-order valence-corrected chi connectivity index (χ4v) is 4.25. The highest BCUT2D eigenvalue weighted by molar-refractivity contribution is 6.81. The summed E-state index contributed by atoms with van der Waals surface area (Å²) in [5.41, 5.74) is 2.23. The van der Waals surface area contributed by atoms with Crippen molar-refractivity contribution >= 4 is 13.9 Å². The van der Waals surface area contributed by atoms with Crippen LogP contribution < -0.4 is 0 Å². The highest BCUT2D eigenvalue weighted by Crippen LogP contribution is 2.30.